The molecule has 7 heteroatoms. The van der Waals surface area contributed by atoms with Crippen LogP contribution in [0.25, 0.3) is 0 Å². The lowest BCUT2D eigenvalue weighted by molar-refractivity contribution is 0.0685. The zero-order valence-corrected chi connectivity index (χ0v) is 9.50. The molecule has 0 fully saturated rings. The number of halogens is 1. The summed E-state index contributed by atoms with van der Waals surface area (Å²) >= 11 is 0. The fraction of sp³-hybridized carbons (Fsp3) is 0. The highest BCUT2D eigenvalue weighted by Crippen LogP contribution is 2.11. The number of carbonyl (C=O) groups is 2. The minimum Gasteiger partial charge on any atom is -0.476 e. The molecule has 96 valence electrons. The number of amides is 1. The van der Waals surface area contributed by atoms with Crippen molar-refractivity contribution >= 4 is 17.6 Å². The maximum atomic E-state index is 12.7. The third-order valence-corrected chi connectivity index (χ3v) is 2.22. The quantitative estimate of drug-likeness (QED) is 0.874. The summed E-state index contributed by atoms with van der Waals surface area (Å²) in [6, 6.07) is 5.04. The van der Waals surface area contributed by atoms with Gasteiger partial charge in [-0.2, -0.15) is 0 Å². The molecular weight excluding hydrogens is 253 g/mol. The zero-order valence-electron chi connectivity index (χ0n) is 9.50. The molecule has 1 aromatic heterocycles. The van der Waals surface area contributed by atoms with Crippen LogP contribution in [0.4, 0.5) is 10.1 Å². The molecule has 0 saturated carbocycles. The van der Waals surface area contributed by atoms with Crippen LogP contribution in [0.1, 0.15) is 21.0 Å². The van der Waals surface area contributed by atoms with Gasteiger partial charge in [-0.25, -0.2) is 19.2 Å². The van der Waals surface area contributed by atoms with Gasteiger partial charge in [-0.3, -0.25) is 4.79 Å². The lowest BCUT2D eigenvalue weighted by Gasteiger charge is -2.05. The highest BCUT2D eigenvalue weighted by molar-refractivity contribution is 6.08. The van der Waals surface area contributed by atoms with Crippen LogP contribution in [-0.4, -0.2) is 27.0 Å². The van der Waals surface area contributed by atoms with Crippen molar-refractivity contribution in [1.82, 2.24) is 9.97 Å². The molecule has 2 aromatic rings. The van der Waals surface area contributed by atoms with E-state index in [0.717, 1.165) is 0 Å². The third kappa shape index (κ3) is 2.89. The molecule has 1 heterocycles. The van der Waals surface area contributed by atoms with Crippen molar-refractivity contribution in [2.24, 2.45) is 0 Å². The Balaban J connectivity index is 2.25. The summed E-state index contributed by atoms with van der Waals surface area (Å²) in [5.41, 5.74) is -0.421. The van der Waals surface area contributed by atoms with E-state index in [-0.39, 0.29) is 5.69 Å². The van der Waals surface area contributed by atoms with Crippen LogP contribution >= 0.6 is 0 Å². The second-order valence-electron chi connectivity index (χ2n) is 3.52. The van der Waals surface area contributed by atoms with Gasteiger partial charge in [0.1, 0.15) is 5.82 Å². The minimum atomic E-state index is -1.35. The van der Waals surface area contributed by atoms with Gasteiger partial charge in [0.05, 0.1) is 0 Å². The van der Waals surface area contributed by atoms with Crippen molar-refractivity contribution in [2.45, 2.75) is 0 Å². The first-order valence-corrected chi connectivity index (χ1v) is 5.19. The molecule has 2 rings (SSSR count). The van der Waals surface area contributed by atoms with E-state index in [1.54, 1.807) is 0 Å². The molecule has 1 aromatic carbocycles. The molecule has 0 spiro atoms. The molecule has 19 heavy (non-hydrogen) atoms. The number of aromatic nitrogens is 2. The summed E-state index contributed by atoms with van der Waals surface area (Å²) in [7, 11) is 0. The molecule has 0 atom stereocenters. The zero-order chi connectivity index (χ0) is 13.8. The van der Waals surface area contributed by atoms with Crippen LogP contribution in [-0.2, 0) is 0 Å². The lowest BCUT2D eigenvalue weighted by Crippen LogP contribution is -2.19. The van der Waals surface area contributed by atoms with Crippen molar-refractivity contribution in [3.8, 4) is 0 Å². The predicted molar refractivity (Wildman–Crippen MR) is 63.3 cm³/mol. The number of rotatable bonds is 3. The molecule has 0 radical (unpaired) electrons. The highest BCUT2D eigenvalue weighted by atomic mass is 19.1. The topological polar surface area (TPSA) is 92.2 Å². The Kier molecular flexibility index (Phi) is 3.46. The minimum absolute atomic E-state index is 0.306. The Morgan fingerprint density at radius 2 is 1.63 bits per heavy atom. The van der Waals surface area contributed by atoms with Gasteiger partial charge in [0.2, 0.25) is 0 Å². The van der Waals surface area contributed by atoms with E-state index in [1.807, 2.05) is 0 Å². The monoisotopic (exact) mass is 261 g/mol. The molecule has 6 nitrogen and oxygen atoms in total. The van der Waals surface area contributed by atoms with Crippen molar-refractivity contribution in [3.05, 3.63) is 53.9 Å². The van der Waals surface area contributed by atoms with Gasteiger partial charge >= 0.3 is 5.97 Å². The largest absolute Gasteiger partial charge is 0.476 e. The fourth-order valence-electron chi connectivity index (χ4n) is 1.38. The molecule has 0 bridgehead atoms. The first-order valence-electron chi connectivity index (χ1n) is 5.19. The van der Waals surface area contributed by atoms with E-state index < -0.39 is 23.4 Å². The molecule has 0 aliphatic rings. The van der Waals surface area contributed by atoms with Gasteiger partial charge in [0.25, 0.3) is 5.91 Å². The number of benzene rings is 1. The van der Waals surface area contributed by atoms with E-state index in [2.05, 4.69) is 15.3 Å². The van der Waals surface area contributed by atoms with Gasteiger partial charge in [0, 0.05) is 18.1 Å². The van der Waals surface area contributed by atoms with Crippen LogP contribution in [0.15, 0.2) is 36.7 Å². The Hall–Kier alpha value is -2.83. The lowest BCUT2D eigenvalue weighted by atomic mass is 10.2. The maximum Gasteiger partial charge on any atom is 0.356 e. The van der Waals surface area contributed by atoms with Gasteiger partial charge < -0.3 is 10.4 Å². The third-order valence-electron chi connectivity index (χ3n) is 2.22. The van der Waals surface area contributed by atoms with Crippen LogP contribution in [0.5, 0.6) is 0 Å². The van der Waals surface area contributed by atoms with Crippen molar-refractivity contribution < 1.29 is 19.1 Å². The smallest absolute Gasteiger partial charge is 0.356 e. The van der Waals surface area contributed by atoms with E-state index in [0.29, 0.717) is 5.69 Å². The number of hydrogen-bond acceptors (Lipinski definition) is 4. The van der Waals surface area contributed by atoms with E-state index in [9.17, 15) is 14.0 Å². The Morgan fingerprint density at radius 3 is 2.21 bits per heavy atom. The maximum absolute atomic E-state index is 12.7. The highest BCUT2D eigenvalue weighted by Gasteiger charge is 2.19. The van der Waals surface area contributed by atoms with E-state index in [4.69, 9.17) is 5.11 Å². The molecule has 1 amide bonds. The Morgan fingerprint density at radius 1 is 1.05 bits per heavy atom. The van der Waals surface area contributed by atoms with Gasteiger partial charge in [-0.05, 0) is 24.3 Å². The molecular formula is C12H8FN3O3. The molecule has 0 aliphatic heterocycles. The predicted octanol–water partition coefficient (Wildman–Crippen LogP) is 1.57. The second-order valence-corrected chi connectivity index (χ2v) is 3.52. The van der Waals surface area contributed by atoms with Crippen molar-refractivity contribution in [1.29, 1.82) is 0 Å². The van der Waals surface area contributed by atoms with Gasteiger partial charge in [0.15, 0.2) is 11.4 Å². The van der Waals surface area contributed by atoms with Crippen molar-refractivity contribution in [2.75, 3.05) is 5.32 Å². The normalized spacial score (nSPS) is 9.95. The average molecular weight is 261 g/mol. The average Bonchev–Trinajstić information content (AvgIpc) is 2.41. The fourth-order valence-corrected chi connectivity index (χ4v) is 1.38. The molecule has 0 aliphatic carbocycles. The SMILES string of the molecule is O=C(O)c1nccnc1C(=O)Nc1ccc(F)cc1. The van der Waals surface area contributed by atoms with Crippen LogP contribution < -0.4 is 5.32 Å². The summed E-state index contributed by atoms with van der Waals surface area (Å²) in [6.07, 6.45) is 2.39. The number of anilines is 1. The van der Waals surface area contributed by atoms with Crippen LogP contribution in [0.2, 0.25) is 0 Å². The number of carbonyl (C=O) groups excluding carboxylic acids is 1. The van der Waals surface area contributed by atoms with E-state index in [1.165, 1.54) is 36.7 Å². The second kappa shape index (κ2) is 5.21. The van der Waals surface area contributed by atoms with E-state index >= 15 is 0 Å². The van der Waals surface area contributed by atoms with Gasteiger partial charge in [-0.15, -0.1) is 0 Å². The number of nitrogens with zero attached hydrogens (tertiary/aromatic N) is 2. The molecule has 0 saturated heterocycles. The number of aromatic carboxylic acids is 1. The molecule has 0 unspecified atom stereocenters. The summed E-state index contributed by atoms with van der Waals surface area (Å²) in [6.45, 7) is 0. The molecule has 2 N–H and O–H groups in total. The van der Waals surface area contributed by atoms with Crippen LogP contribution in [0.3, 0.4) is 0 Å². The van der Waals surface area contributed by atoms with Crippen molar-refractivity contribution in [3.63, 3.8) is 0 Å². The summed E-state index contributed by atoms with van der Waals surface area (Å²) in [4.78, 5) is 30.0. The van der Waals surface area contributed by atoms with Crippen LogP contribution in [0, 0.1) is 5.82 Å². The first kappa shape index (κ1) is 12.6. The summed E-state index contributed by atoms with van der Waals surface area (Å²) in [5.74, 6) is -2.52. The first-order chi connectivity index (χ1) is 9.08. The summed E-state index contributed by atoms with van der Waals surface area (Å²) in [5, 5.41) is 11.3. The standard InChI is InChI=1S/C12H8FN3O3/c13-7-1-3-8(4-2-7)16-11(17)9-10(12(18)19)15-6-5-14-9/h1-6H,(H,16,17)(H,18,19). The summed E-state index contributed by atoms with van der Waals surface area (Å²) < 4.78 is 12.7. The number of hydrogen-bond donors (Lipinski definition) is 2. The van der Waals surface area contributed by atoms with Gasteiger partial charge in [-0.1, -0.05) is 0 Å². The number of nitrogens with one attached hydrogen (secondary N) is 1. The Labute approximate surface area is 106 Å². The number of carboxylic acid groups (broad SMARTS) is 1. The Bertz CT molecular complexity index is 628. The number of carboxylic acids is 1.